The van der Waals surface area contributed by atoms with Gasteiger partial charge in [-0.15, -0.1) is 5.10 Å². The molecule has 1 N–H and O–H groups in total. The molecule has 1 fully saturated rings. The third kappa shape index (κ3) is 4.80. The van der Waals surface area contributed by atoms with Crippen LogP contribution >= 0.6 is 23.4 Å². The van der Waals surface area contributed by atoms with Gasteiger partial charge in [-0.2, -0.15) is 5.10 Å². The number of hydrogen-bond donors (Lipinski definition) is 1. The molecule has 1 aliphatic rings. The van der Waals surface area contributed by atoms with E-state index in [2.05, 4.69) is 15.5 Å². The Hall–Kier alpha value is -2.44. The number of thioether (sulfide) groups is 1. The number of halogens is 1. The molecule has 0 aromatic heterocycles. The van der Waals surface area contributed by atoms with Crippen molar-refractivity contribution in [2.75, 3.05) is 0 Å². The maximum atomic E-state index is 12.3. The Morgan fingerprint density at radius 3 is 2.58 bits per heavy atom. The molecule has 1 atom stereocenters. The first-order valence-corrected chi connectivity index (χ1v) is 9.21. The van der Waals surface area contributed by atoms with E-state index in [9.17, 15) is 9.59 Å². The summed E-state index contributed by atoms with van der Waals surface area (Å²) in [6.45, 7) is 1.96. The van der Waals surface area contributed by atoms with Crippen molar-refractivity contribution < 1.29 is 9.59 Å². The molecule has 1 saturated heterocycles. The number of hydrogen-bond acceptors (Lipinski definition) is 5. The third-order valence-corrected chi connectivity index (χ3v) is 5.07. The smallest absolute Gasteiger partial charge is 0.240 e. The Kier molecular flexibility index (Phi) is 5.85. The van der Waals surface area contributed by atoms with Gasteiger partial charge in [0.05, 0.1) is 11.5 Å². The summed E-state index contributed by atoms with van der Waals surface area (Å²) in [5.74, 6) is -0.292. The number of carbonyl (C=O) groups is 2. The number of carbonyl (C=O) groups excluding carboxylic acids is 2. The minimum Gasteiger partial charge on any atom is -0.303 e. The lowest BCUT2D eigenvalue weighted by Crippen LogP contribution is -2.26. The molecule has 1 aliphatic heterocycles. The molecule has 132 valence electrons. The zero-order valence-electron chi connectivity index (χ0n) is 14.0. The van der Waals surface area contributed by atoms with Gasteiger partial charge in [0.1, 0.15) is 0 Å². The van der Waals surface area contributed by atoms with Crippen LogP contribution in [0.5, 0.6) is 0 Å². The standard InChI is InChI=1S/C19H16ClN3O2S/c1-12-2-6-14(7-3-12)16(24)10-17-18(25)22-19(26-17)23-21-11-13-4-8-15(20)9-5-13/h2-9,11,17H,10H2,1H3,(H,22,23,25)/b21-11+. The van der Waals surface area contributed by atoms with Gasteiger partial charge in [-0.25, -0.2) is 0 Å². The fraction of sp³-hybridized carbons (Fsp3) is 0.158. The number of amides is 1. The van der Waals surface area contributed by atoms with Crippen molar-refractivity contribution >= 4 is 46.4 Å². The van der Waals surface area contributed by atoms with E-state index in [-0.39, 0.29) is 18.1 Å². The van der Waals surface area contributed by atoms with Crippen LogP contribution in [-0.2, 0) is 4.79 Å². The van der Waals surface area contributed by atoms with Crippen molar-refractivity contribution in [1.82, 2.24) is 5.32 Å². The highest BCUT2D eigenvalue weighted by molar-refractivity contribution is 8.15. The topological polar surface area (TPSA) is 70.9 Å². The molecule has 0 saturated carbocycles. The first-order valence-electron chi connectivity index (χ1n) is 7.95. The van der Waals surface area contributed by atoms with Crippen molar-refractivity contribution in [3.63, 3.8) is 0 Å². The van der Waals surface area contributed by atoms with Crippen LogP contribution in [0.3, 0.4) is 0 Å². The van der Waals surface area contributed by atoms with Crippen molar-refractivity contribution in [1.29, 1.82) is 0 Å². The highest BCUT2D eigenvalue weighted by Gasteiger charge is 2.32. The number of nitrogens with zero attached hydrogens (tertiary/aromatic N) is 2. The van der Waals surface area contributed by atoms with Gasteiger partial charge in [0.15, 0.2) is 11.0 Å². The maximum Gasteiger partial charge on any atom is 0.240 e. The van der Waals surface area contributed by atoms with Gasteiger partial charge < -0.3 is 5.32 Å². The van der Waals surface area contributed by atoms with Crippen LogP contribution in [0.15, 0.2) is 58.7 Å². The van der Waals surface area contributed by atoms with Crippen molar-refractivity contribution in [3.8, 4) is 0 Å². The lowest BCUT2D eigenvalue weighted by molar-refractivity contribution is -0.118. The molecule has 2 aromatic carbocycles. The summed E-state index contributed by atoms with van der Waals surface area (Å²) in [5.41, 5.74) is 2.54. The molecular formula is C19H16ClN3O2S. The summed E-state index contributed by atoms with van der Waals surface area (Å²) in [5, 5.41) is 11.2. The van der Waals surface area contributed by atoms with E-state index in [4.69, 9.17) is 11.6 Å². The minimum absolute atomic E-state index is 0.0661. The van der Waals surface area contributed by atoms with E-state index in [1.54, 1.807) is 30.5 Å². The second kappa shape index (κ2) is 8.29. The average molecular weight is 386 g/mol. The molecule has 3 rings (SSSR count). The molecule has 0 radical (unpaired) electrons. The predicted molar refractivity (Wildman–Crippen MR) is 106 cm³/mol. The van der Waals surface area contributed by atoms with Crippen molar-refractivity contribution in [2.45, 2.75) is 18.6 Å². The first kappa shape index (κ1) is 18.4. The van der Waals surface area contributed by atoms with E-state index in [0.717, 1.165) is 11.1 Å². The van der Waals surface area contributed by atoms with Gasteiger partial charge in [-0.3, -0.25) is 9.59 Å². The van der Waals surface area contributed by atoms with Gasteiger partial charge in [0, 0.05) is 17.0 Å². The van der Waals surface area contributed by atoms with E-state index in [0.29, 0.717) is 15.8 Å². The molecule has 5 nitrogen and oxygen atoms in total. The van der Waals surface area contributed by atoms with Crippen molar-refractivity contribution in [2.24, 2.45) is 10.2 Å². The lowest BCUT2D eigenvalue weighted by Gasteiger charge is -2.04. The molecule has 7 heteroatoms. The van der Waals surface area contributed by atoms with Crippen LogP contribution in [0.25, 0.3) is 0 Å². The predicted octanol–water partition coefficient (Wildman–Crippen LogP) is 3.84. The highest BCUT2D eigenvalue weighted by Crippen LogP contribution is 2.24. The molecular weight excluding hydrogens is 370 g/mol. The van der Waals surface area contributed by atoms with E-state index in [1.165, 1.54) is 11.8 Å². The third-order valence-electron chi connectivity index (χ3n) is 3.75. The largest absolute Gasteiger partial charge is 0.303 e. The normalized spacial score (nSPS) is 18.5. The Balaban J connectivity index is 1.60. The van der Waals surface area contributed by atoms with Crippen LogP contribution in [-0.4, -0.2) is 28.3 Å². The summed E-state index contributed by atoms with van der Waals surface area (Å²) in [4.78, 5) is 24.4. The molecule has 2 aromatic rings. The summed E-state index contributed by atoms with van der Waals surface area (Å²) in [6.07, 6.45) is 1.69. The van der Waals surface area contributed by atoms with Crippen LogP contribution in [0, 0.1) is 6.92 Å². The highest BCUT2D eigenvalue weighted by atomic mass is 35.5. The number of Topliss-reactive ketones (excluding diaryl/α,β-unsaturated/α-hetero) is 1. The zero-order valence-corrected chi connectivity index (χ0v) is 15.6. The Morgan fingerprint density at radius 2 is 1.88 bits per heavy atom. The summed E-state index contributed by atoms with van der Waals surface area (Å²) in [6, 6.07) is 14.5. The fourth-order valence-corrected chi connectivity index (χ4v) is 3.36. The average Bonchev–Trinajstić information content (AvgIpc) is 2.97. The van der Waals surface area contributed by atoms with Gasteiger partial charge >= 0.3 is 0 Å². The number of nitrogens with one attached hydrogen (secondary N) is 1. The van der Waals surface area contributed by atoms with Gasteiger partial charge in [0.25, 0.3) is 0 Å². The molecule has 26 heavy (non-hydrogen) atoms. The first-order chi connectivity index (χ1) is 12.5. The Labute approximate surface area is 160 Å². The van der Waals surface area contributed by atoms with Crippen LogP contribution in [0.2, 0.25) is 5.02 Å². The SMILES string of the molecule is Cc1ccc(C(=O)CC2S/C(=N/N=C/c3ccc(Cl)cc3)NC2=O)cc1. The van der Waals surface area contributed by atoms with Crippen LogP contribution in [0.4, 0.5) is 0 Å². The van der Waals surface area contributed by atoms with Crippen LogP contribution < -0.4 is 5.32 Å². The van der Waals surface area contributed by atoms with Crippen molar-refractivity contribution in [3.05, 3.63) is 70.2 Å². The van der Waals surface area contributed by atoms with E-state index < -0.39 is 5.25 Å². The molecule has 0 spiro atoms. The minimum atomic E-state index is -0.492. The summed E-state index contributed by atoms with van der Waals surface area (Å²) in [7, 11) is 0. The zero-order chi connectivity index (χ0) is 18.5. The van der Waals surface area contributed by atoms with E-state index in [1.807, 2.05) is 31.2 Å². The van der Waals surface area contributed by atoms with Crippen LogP contribution in [0.1, 0.15) is 27.9 Å². The number of ketones is 1. The Morgan fingerprint density at radius 1 is 1.19 bits per heavy atom. The number of benzene rings is 2. The molecule has 1 amide bonds. The van der Waals surface area contributed by atoms with Gasteiger partial charge in [0.2, 0.25) is 5.91 Å². The number of amidine groups is 1. The number of aryl methyl sites for hydroxylation is 1. The summed E-state index contributed by atoms with van der Waals surface area (Å²) >= 11 is 7.04. The van der Waals surface area contributed by atoms with E-state index >= 15 is 0 Å². The molecule has 0 aliphatic carbocycles. The molecule has 1 unspecified atom stereocenters. The fourth-order valence-electron chi connectivity index (χ4n) is 2.31. The maximum absolute atomic E-state index is 12.3. The second-order valence-corrected chi connectivity index (χ2v) is 7.42. The lowest BCUT2D eigenvalue weighted by atomic mass is 10.0. The monoisotopic (exact) mass is 385 g/mol. The number of rotatable bonds is 5. The quantitative estimate of drug-likeness (QED) is 0.483. The summed E-state index contributed by atoms with van der Waals surface area (Å²) < 4.78 is 0. The van der Waals surface area contributed by atoms with Gasteiger partial charge in [-0.05, 0) is 24.6 Å². The molecule has 0 bridgehead atoms. The second-order valence-electron chi connectivity index (χ2n) is 5.79. The Bertz CT molecular complexity index is 877. The van der Waals surface area contributed by atoms with Gasteiger partial charge in [-0.1, -0.05) is 65.3 Å². The molecule has 1 heterocycles.